The van der Waals surface area contributed by atoms with Crippen LogP contribution in [0.3, 0.4) is 0 Å². The van der Waals surface area contributed by atoms with Crippen molar-refractivity contribution in [2.75, 3.05) is 0 Å². The Balaban J connectivity index is 1.61. The minimum absolute atomic E-state index is 0.129. The summed E-state index contributed by atoms with van der Waals surface area (Å²) in [6.07, 6.45) is 0. The molecule has 2 aromatic heterocycles. The van der Waals surface area contributed by atoms with Crippen LogP contribution in [-0.2, 0) is 6.54 Å². The van der Waals surface area contributed by atoms with Crippen molar-refractivity contribution in [1.29, 1.82) is 5.26 Å². The molecule has 0 unspecified atom stereocenters. The molecular weight excluding hydrogens is 366 g/mol. The molecule has 0 saturated carbocycles. The fraction of sp³-hybridized carbons (Fsp3) is 0.0870. The van der Waals surface area contributed by atoms with Crippen LogP contribution in [-0.4, -0.2) is 9.78 Å². The second-order valence-electron chi connectivity index (χ2n) is 6.48. The average Bonchev–Trinajstić information content (AvgIpc) is 3.16. The average molecular weight is 383 g/mol. The quantitative estimate of drug-likeness (QED) is 0.505. The molecule has 0 spiro atoms. The molecule has 136 valence electrons. The first-order chi connectivity index (χ1) is 13.6. The summed E-state index contributed by atoms with van der Waals surface area (Å²) in [4.78, 5) is 14.5. The molecule has 0 aliphatic heterocycles. The van der Waals surface area contributed by atoms with E-state index in [4.69, 9.17) is 0 Å². The van der Waals surface area contributed by atoms with E-state index in [9.17, 15) is 10.1 Å². The molecular formula is C23H17N3OS. The van der Waals surface area contributed by atoms with Crippen LogP contribution >= 0.6 is 11.3 Å². The molecule has 0 aliphatic rings. The van der Waals surface area contributed by atoms with Crippen molar-refractivity contribution in [2.45, 2.75) is 13.5 Å². The summed E-state index contributed by atoms with van der Waals surface area (Å²) in [5.74, 6) is 0. The molecule has 4 nitrogen and oxygen atoms in total. The molecule has 0 saturated heterocycles. The second kappa shape index (κ2) is 7.63. The Hall–Kier alpha value is -3.49. The number of nitrogens with zero attached hydrogens (tertiary/aromatic N) is 3. The van der Waals surface area contributed by atoms with Gasteiger partial charge in [0.15, 0.2) is 0 Å². The number of benzene rings is 2. The lowest BCUT2D eigenvalue weighted by Gasteiger charge is -2.08. The first-order valence-electron chi connectivity index (χ1n) is 8.87. The van der Waals surface area contributed by atoms with Crippen molar-refractivity contribution in [2.24, 2.45) is 0 Å². The Morgan fingerprint density at radius 3 is 2.50 bits per heavy atom. The van der Waals surface area contributed by atoms with Crippen LogP contribution in [0.15, 0.2) is 77.6 Å². The molecule has 0 bridgehead atoms. The van der Waals surface area contributed by atoms with E-state index in [1.165, 1.54) is 9.56 Å². The summed E-state index contributed by atoms with van der Waals surface area (Å²) < 4.78 is 1.49. The zero-order chi connectivity index (χ0) is 19.5. The van der Waals surface area contributed by atoms with Crippen molar-refractivity contribution >= 4 is 11.3 Å². The zero-order valence-corrected chi connectivity index (χ0v) is 16.1. The van der Waals surface area contributed by atoms with E-state index in [1.807, 2.05) is 54.6 Å². The van der Waals surface area contributed by atoms with E-state index in [0.717, 1.165) is 27.3 Å². The van der Waals surface area contributed by atoms with Gasteiger partial charge in [0, 0.05) is 10.9 Å². The Morgan fingerprint density at radius 1 is 1.00 bits per heavy atom. The predicted molar refractivity (Wildman–Crippen MR) is 112 cm³/mol. The first kappa shape index (κ1) is 17.9. The van der Waals surface area contributed by atoms with Crippen molar-refractivity contribution in [3.63, 3.8) is 0 Å². The van der Waals surface area contributed by atoms with Gasteiger partial charge >= 0.3 is 0 Å². The Kier molecular flexibility index (Phi) is 4.88. The molecule has 0 N–H and O–H groups in total. The molecule has 4 aromatic rings. The highest BCUT2D eigenvalue weighted by Crippen LogP contribution is 2.26. The van der Waals surface area contributed by atoms with Crippen LogP contribution in [0.2, 0.25) is 0 Å². The molecule has 0 radical (unpaired) electrons. The second-order valence-corrected chi connectivity index (χ2v) is 7.77. The van der Waals surface area contributed by atoms with Crippen LogP contribution in [0.1, 0.15) is 16.0 Å². The zero-order valence-electron chi connectivity index (χ0n) is 15.3. The summed E-state index contributed by atoms with van der Waals surface area (Å²) in [6, 6.07) is 25.1. The topological polar surface area (TPSA) is 58.7 Å². The van der Waals surface area contributed by atoms with Gasteiger partial charge in [0.1, 0.15) is 5.69 Å². The lowest BCUT2D eigenvalue weighted by atomic mass is 9.99. The normalized spacial score (nSPS) is 10.6. The lowest BCUT2D eigenvalue weighted by Crippen LogP contribution is -2.22. The number of hydrogen-bond donors (Lipinski definition) is 0. The van der Waals surface area contributed by atoms with Gasteiger partial charge in [-0.3, -0.25) is 4.79 Å². The van der Waals surface area contributed by atoms with Crippen molar-refractivity contribution < 1.29 is 0 Å². The monoisotopic (exact) mass is 383 g/mol. The number of thiophene rings is 1. The minimum Gasteiger partial charge on any atom is -0.268 e. The van der Waals surface area contributed by atoms with E-state index in [0.29, 0.717) is 12.1 Å². The van der Waals surface area contributed by atoms with Crippen LogP contribution in [0, 0.1) is 18.3 Å². The van der Waals surface area contributed by atoms with Gasteiger partial charge in [-0.2, -0.15) is 10.4 Å². The van der Waals surface area contributed by atoms with Crippen molar-refractivity contribution in [3.05, 3.63) is 99.2 Å². The maximum atomic E-state index is 12.3. The summed E-state index contributed by atoms with van der Waals surface area (Å²) in [5, 5.41) is 13.8. The van der Waals surface area contributed by atoms with Gasteiger partial charge in [0.05, 0.1) is 23.1 Å². The molecule has 2 aromatic carbocycles. The number of aromatic nitrogens is 2. The van der Waals surface area contributed by atoms with Crippen LogP contribution in [0.5, 0.6) is 0 Å². The van der Waals surface area contributed by atoms with E-state index < -0.39 is 0 Å². The largest absolute Gasteiger partial charge is 0.268 e. The van der Waals surface area contributed by atoms with Gasteiger partial charge < -0.3 is 0 Å². The third-order valence-electron chi connectivity index (χ3n) is 4.50. The van der Waals surface area contributed by atoms with Crippen molar-refractivity contribution in [1.82, 2.24) is 9.78 Å². The van der Waals surface area contributed by atoms with Gasteiger partial charge in [-0.15, -0.1) is 11.3 Å². The van der Waals surface area contributed by atoms with E-state index in [-0.39, 0.29) is 5.56 Å². The Morgan fingerprint density at radius 2 is 1.79 bits per heavy atom. The third kappa shape index (κ3) is 3.64. The molecule has 2 heterocycles. The molecule has 0 atom stereocenters. The number of hydrogen-bond acceptors (Lipinski definition) is 4. The van der Waals surface area contributed by atoms with E-state index in [1.54, 1.807) is 23.5 Å². The van der Waals surface area contributed by atoms with E-state index >= 15 is 0 Å². The third-order valence-corrected chi connectivity index (χ3v) is 5.53. The summed E-state index contributed by atoms with van der Waals surface area (Å²) in [5.41, 5.74) is 4.18. The number of aryl methyl sites for hydroxylation is 1. The highest BCUT2D eigenvalue weighted by atomic mass is 32.1. The Bertz CT molecular complexity index is 1230. The van der Waals surface area contributed by atoms with Crippen molar-refractivity contribution in [3.8, 4) is 27.8 Å². The van der Waals surface area contributed by atoms with E-state index in [2.05, 4.69) is 24.2 Å². The summed E-state index contributed by atoms with van der Waals surface area (Å²) in [6.45, 7) is 2.45. The Labute approximate surface area is 167 Å². The molecule has 4 rings (SSSR count). The molecule has 0 fully saturated rings. The maximum Gasteiger partial charge on any atom is 0.267 e. The number of nitriles is 1. The van der Waals surface area contributed by atoms with Gasteiger partial charge in [-0.05, 0) is 47.9 Å². The highest BCUT2D eigenvalue weighted by Gasteiger charge is 2.08. The number of rotatable bonds is 4. The summed E-state index contributed by atoms with van der Waals surface area (Å²) in [7, 11) is 0. The predicted octanol–water partition coefficient (Wildman–Crippen LogP) is 4.87. The highest BCUT2D eigenvalue weighted by molar-refractivity contribution is 7.15. The fourth-order valence-corrected chi connectivity index (χ4v) is 3.89. The minimum atomic E-state index is -0.129. The first-order valence-corrected chi connectivity index (χ1v) is 9.69. The standard InChI is InChI=1S/C23H17N3OS/c1-16-6-12-22(28-16)21-11-13-23(27)26(25-21)15-17-7-9-18(10-8-17)20-5-3-2-4-19(20)14-24/h2-13H,15H2,1H3. The van der Waals surface area contributed by atoms with Gasteiger partial charge in [0.2, 0.25) is 0 Å². The van der Waals surface area contributed by atoms with Crippen LogP contribution in [0.4, 0.5) is 0 Å². The van der Waals surface area contributed by atoms with Gasteiger partial charge in [0.25, 0.3) is 5.56 Å². The fourth-order valence-electron chi connectivity index (χ4n) is 3.06. The van der Waals surface area contributed by atoms with Crippen LogP contribution < -0.4 is 5.56 Å². The molecule has 28 heavy (non-hydrogen) atoms. The van der Waals surface area contributed by atoms with Crippen LogP contribution in [0.25, 0.3) is 21.7 Å². The van der Waals surface area contributed by atoms with Gasteiger partial charge in [-0.25, -0.2) is 4.68 Å². The SMILES string of the molecule is Cc1ccc(-c2ccc(=O)n(Cc3ccc(-c4ccccc4C#N)cc3)n2)s1. The summed E-state index contributed by atoms with van der Waals surface area (Å²) >= 11 is 1.66. The van der Waals surface area contributed by atoms with Gasteiger partial charge in [-0.1, -0.05) is 42.5 Å². The lowest BCUT2D eigenvalue weighted by molar-refractivity contribution is 0.643. The smallest absolute Gasteiger partial charge is 0.267 e. The molecule has 0 amide bonds. The maximum absolute atomic E-state index is 12.3. The molecule has 0 aliphatic carbocycles. The molecule has 5 heteroatoms.